The quantitative estimate of drug-likeness (QED) is 0.256. The van der Waals surface area contributed by atoms with Crippen molar-refractivity contribution in [3.8, 4) is 0 Å². The van der Waals surface area contributed by atoms with E-state index < -0.39 is 29.6 Å². The van der Waals surface area contributed by atoms with E-state index in [1.807, 2.05) is 25.1 Å². The summed E-state index contributed by atoms with van der Waals surface area (Å²) in [6, 6.07) is 13.1. The van der Waals surface area contributed by atoms with Crippen molar-refractivity contribution in [2.45, 2.75) is 51.7 Å². The van der Waals surface area contributed by atoms with Gasteiger partial charge in [-0.3, -0.25) is 29.0 Å². The molecular formula is C34H34F3N5O4. The first-order valence-electron chi connectivity index (χ1n) is 15.3. The summed E-state index contributed by atoms with van der Waals surface area (Å²) in [5.74, 6) is -2.09. The van der Waals surface area contributed by atoms with Crippen molar-refractivity contribution in [1.82, 2.24) is 9.88 Å². The number of imide groups is 1. The molecule has 9 nitrogen and oxygen atoms in total. The molecule has 240 valence electrons. The number of likely N-dealkylation sites (N-methyl/N-ethyl adjacent to an activating group) is 1. The first-order valence-corrected chi connectivity index (χ1v) is 15.3. The van der Waals surface area contributed by atoms with E-state index in [1.165, 1.54) is 16.7 Å². The Balaban J connectivity index is 1.22. The number of benzene rings is 2. The van der Waals surface area contributed by atoms with E-state index in [4.69, 9.17) is 0 Å². The van der Waals surface area contributed by atoms with Crippen LogP contribution >= 0.6 is 0 Å². The number of carbonyl (C=O) groups excluding carboxylic acids is 4. The second-order valence-electron chi connectivity index (χ2n) is 12.2. The number of para-hydroxylation sites is 1. The van der Waals surface area contributed by atoms with Crippen LogP contribution < -0.4 is 14.7 Å². The van der Waals surface area contributed by atoms with Crippen molar-refractivity contribution in [1.29, 1.82) is 0 Å². The van der Waals surface area contributed by atoms with E-state index >= 15 is 0 Å². The summed E-state index contributed by atoms with van der Waals surface area (Å²) in [6.07, 6.45) is -2.63. The zero-order valence-electron chi connectivity index (χ0n) is 25.8. The molecule has 0 spiro atoms. The topological polar surface area (TPSA) is 94.1 Å². The van der Waals surface area contributed by atoms with Gasteiger partial charge in [0, 0.05) is 44.7 Å². The van der Waals surface area contributed by atoms with Crippen molar-refractivity contribution in [3.05, 3.63) is 82.5 Å². The van der Waals surface area contributed by atoms with Gasteiger partial charge in [0.1, 0.15) is 11.9 Å². The smallest absolute Gasteiger partial charge is 0.369 e. The minimum atomic E-state index is -4.64. The third-order valence-electron chi connectivity index (χ3n) is 9.06. The summed E-state index contributed by atoms with van der Waals surface area (Å²) in [6.45, 7) is 4.59. The monoisotopic (exact) mass is 633 g/mol. The third kappa shape index (κ3) is 5.50. The Morgan fingerprint density at radius 2 is 1.54 bits per heavy atom. The van der Waals surface area contributed by atoms with Crippen LogP contribution in [0.3, 0.4) is 0 Å². The summed E-state index contributed by atoms with van der Waals surface area (Å²) >= 11 is 0. The van der Waals surface area contributed by atoms with E-state index in [0.717, 1.165) is 28.3 Å². The molecule has 3 aromatic rings. The van der Waals surface area contributed by atoms with E-state index in [1.54, 1.807) is 31.3 Å². The molecule has 0 radical (unpaired) electrons. The Morgan fingerprint density at radius 1 is 0.870 bits per heavy atom. The number of alkyl halides is 3. The minimum absolute atomic E-state index is 0.0152. The average Bonchev–Trinajstić information content (AvgIpc) is 3.46. The number of amides is 4. The number of aryl methyl sites for hydroxylation is 2. The van der Waals surface area contributed by atoms with E-state index in [9.17, 15) is 32.3 Å². The Morgan fingerprint density at radius 3 is 2.22 bits per heavy atom. The fourth-order valence-corrected chi connectivity index (χ4v) is 6.90. The van der Waals surface area contributed by atoms with E-state index in [-0.39, 0.29) is 35.7 Å². The Hall–Kier alpha value is -4.74. The Kier molecular flexibility index (Phi) is 8.07. The fourth-order valence-electron chi connectivity index (χ4n) is 6.90. The molecule has 3 aliphatic heterocycles. The molecule has 0 aliphatic carbocycles. The molecular weight excluding hydrogens is 599 g/mol. The van der Waals surface area contributed by atoms with Crippen molar-refractivity contribution in [2.24, 2.45) is 5.92 Å². The predicted molar refractivity (Wildman–Crippen MR) is 166 cm³/mol. The van der Waals surface area contributed by atoms with Crippen LogP contribution in [0.15, 0.2) is 54.6 Å². The molecule has 1 fully saturated rings. The van der Waals surface area contributed by atoms with E-state index in [2.05, 4.69) is 9.88 Å². The number of carbonyl (C=O) groups is 4. The van der Waals surface area contributed by atoms with Crippen LogP contribution in [-0.4, -0.2) is 66.2 Å². The van der Waals surface area contributed by atoms with Crippen LogP contribution in [0.4, 0.5) is 30.4 Å². The van der Waals surface area contributed by atoms with Crippen LogP contribution in [0.2, 0.25) is 0 Å². The lowest BCUT2D eigenvalue weighted by Gasteiger charge is -2.39. The molecule has 46 heavy (non-hydrogen) atoms. The van der Waals surface area contributed by atoms with Crippen LogP contribution in [0.1, 0.15) is 63.2 Å². The highest BCUT2D eigenvalue weighted by molar-refractivity contribution is 6.21. The molecule has 4 amide bonds. The largest absolute Gasteiger partial charge is 0.416 e. The maximum Gasteiger partial charge on any atom is 0.416 e. The van der Waals surface area contributed by atoms with Gasteiger partial charge in [0.15, 0.2) is 0 Å². The maximum atomic E-state index is 14.0. The normalized spacial score (nSPS) is 19.8. The molecule has 6 rings (SSSR count). The minimum Gasteiger partial charge on any atom is -0.369 e. The molecule has 0 bridgehead atoms. The molecule has 1 aromatic heterocycles. The number of unbranched alkanes of at least 4 members (excludes halogenated alkanes) is 2. The van der Waals surface area contributed by atoms with E-state index in [0.29, 0.717) is 55.7 Å². The van der Waals surface area contributed by atoms with Gasteiger partial charge < -0.3 is 9.80 Å². The van der Waals surface area contributed by atoms with Crippen molar-refractivity contribution < 1.29 is 32.3 Å². The summed E-state index contributed by atoms with van der Waals surface area (Å²) in [5.41, 5.74) is 2.45. The number of anilines is 3. The van der Waals surface area contributed by atoms with Crippen LogP contribution in [-0.2, 0) is 15.8 Å². The Labute approximate surface area is 264 Å². The lowest BCUT2D eigenvalue weighted by molar-refractivity contribution is -0.137. The van der Waals surface area contributed by atoms with Gasteiger partial charge >= 0.3 is 6.18 Å². The first-order chi connectivity index (χ1) is 21.9. The number of hydrogen-bond acceptors (Lipinski definition) is 6. The van der Waals surface area contributed by atoms with Gasteiger partial charge in [-0.2, -0.15) is 13.2 Å². The molecule has 3 aliphatic rings. The van der Waals surface area contributed by atoms with Crippen molar-refractivity contribution in [2.75, 3.05) is 41.4 Å². The van der Waals surface area contributed by atoms with Gasteiger partial charge in [-0.05, 0) is 69.0 Å². The van der Waals surface area contributed by atoms with Gasteiger partial charge in [0.25, 0.3) is 11.8 Å². The average molecular weight is 634 g/mol. The van der Waals surface area contributed by atoms with Gasteiger partial charge in [0.2, 0.25) is 11.8 Å². The van der Waals surface area contributed by atoms with Crippen molar-refractivity contribution >= 4 is 40.8 Å². The number of halogens is 3. The van der Waals surface area contributed by atoms with Crippen LogP contribution in [0, 0.1) is 19.8 Å². The molecule has 2 aromatic carbocycles. The number of fused-ring (bicyclic) bond motifs is 3. The van der Waals surface area contributed by atoms with Crippen molar-refractivity contribution in [3.63, 3.8) is 0 Å². The zero-order valence-corrected chi connectivity index (χ0v) is 25.8. The number of rotatable bonds is 7. The zero-order chi connectivity index (χ0) is 32.9. The lowest BCUT2D eigenvalue weighted by atomic mass is 9.94. The molecule has 2 atom stereocenters. The van der Waals surface area contributed by atoms with Gasteiger partial charge in [-0.1, -0.05) is 24.3 Å². The highest BCUT2D eigenvalue weighted by Crippen LogP contribution is 2.41. The first kappa shape index (κ1) is 31.3. The van der Waals surface area contributed by atoms with Gasteiger partial charge in [-0.15, -0.1) is 0 Å². The third-order valence-corrected chi connectivity index (χ3v) is 9.06. The van der Waals surface area contributed by atoms with Gasteiger partial charge in [-0.25, -0.2) is 4.98 Å². The Bertz CT molecular complexity index is 1710. The fraction of sp³-hybridized carbons (Fsp3) is 0.382. The van der Waals surface area contributed by atoms with Crippen LogP contribution in [0.25, 0.3) is 0 Å². The number of aromatic nitrogens is 1. The summed E-state index contributed by atoms with van der Waals surface area (Å²) in [5, 5.41) is 0. The highest BCUT2D eigenvalue weighted by Gasteiger charge is 2.49. The highest BCUT2D eigenvalue weighted by atomic mass is 19.4. The maximum absolute atomic E-state index is 14.0. The SMILES string of the molecule is Cc1cc(C(F)(F)F)cc(N2C(=O)C[C@@H]3CN(CCCCCN4C(=O)c5ccccc5C4=O)c4c(C)cccc4N(C)C(=O)[C@H]32)n1. The molecule has 4 heterocycles. The standard InChI is InChI=1S/C34H34F3N5O4/c1-20-10-9-13-26-29(20)40(14-7-4-8-15-41-31(44)24-11-5-6-12-25(24)32(41)45)19-22-17-28(43)42(30(22)33(46)39(26)3)27-18-23(34(35,36)37)16-21(2)38-27/h5-6,9-13,16,18,22,30H,4,7-8,14-15,17,19H2,1-3H3/t22-,30+/m1/s1. The summed E-state index contributed by atoms with van der Waals surface area (Å²) < 4.78 is 41.1. The molecule has 0 N–H and O–H groups in total. The van der Waals surface area contributed by atoms with Crippen LogP contribution in [0.5, 0.6) is 0 Å². The second kappa shape index (κ2) is 11.9. The molecule has 1 saturated heterocycles. The molecule has 12 heteroatoms. The molecule has 0 saturated carbocycles. The second-order valence-corrected chi connectivity index (χ2v) is 12.2. The summed E-state index contributed by atoms with van der Waals surface area (Å²) in [7, 11) is 1.62. The lowest BCUT2D eigenvalue weighted by Crippen LogP contribution is -2.52. The molecule has 0 unspecified atom stereocenters. The number of hydrogen-bond donors (Lipinski definition) is 0. The number of nitrogens with zero attached hydrogens (tertiary/aromatic N) is 5. The number of pyridine rings is 1. The summed E-state index contributed by atoms with van der Waals surface area (Å²) in [4.78, 5) is 63.3. The van der Waals surface area contributed by atoms with Gasteiger partial charge in [0.05, 0.1) is 28.1 Å². The predicted octanol–water partition coefficient (Wildman–Crippen LogP) is 5.39.